The van der Waals surface area contributed by atoms with Gasteiger partial charge in [-0.25, -0.2) is 0 Å². The lowest BCUT2D eigenvalue weighted by atomic mass is 9.95. The standard InChI is InChI=1S/C13H25N3OS/c1-18-13(10-14)5-8-16(9-6-13)7-4-12(17)15-11-2-3-11/h11H,2-10,14H2,1H3,(H,15,17). The molecule has 0 aromatic rings. The monoisotopic (exact) mass is 271 g/mol. The molecular weight excluding hydrogens is 246 g/mol. The van der Waals surface area contributed by atoms with Crippen molar-refractivity contribution in [2.24, 2.45) is 5.73 Å². The minimum atomic E-state index is 0.220. The zero-order valence-corrected chi connectivity index (χ0v) is 12.1. The number of amides is 1. The van der Waals surface area contributed by atoms with E-state index < -0.39 is 0 Å². The third kappa shape index (κ3) is 3.87. The second kappa shape index (κ2) is 6.26. The first-order chi connectivity index (χ1) is 8.67. The van der Waals surface area contributed by atoms with E-state index in [1.807, 2.05) is 11.8 Å². The summed E-state index contributed by atoms with van der Waals surface area (Å²) >= 11 is 1.91. The maximum absolute atomic E-state index is 11.6. The maximum atomic E-state index is 11.6. The third-order valence-corrected chi connectivity index (χ3v) is 5.61. The number of nitrogens with zero attached hydrogens (tertiary/aromatic N) is 1. The number of carbonyl (C=O) groups excluding carboxylic acids is 1. The summed E-state index contributed by atoms with van der Waals surface area (Å²) in [4.78, 5) is 14.0. The van der Waals surface area contributed by atoms with Gasteiger partial charge in [-0.3, -0.25) is 4.79 Å². The van der Waals surface area contributed by atoms with Crippen molar-refractivity contribution in [1.29, 1.82) is 0 Å². The Balaban J connectivity index is 1.65. The van der Waals surface area contributed by atoms with Crippen LogP contribution in [-0.4, -0.2) is 54.0 Å². The van der Waals surface area contributed by atoms with Gasteiger partial charge >= 0.3 is 0 Å². The lowest BCUT2D eigenvalue weighted by molar-refractivity contribution is -0.121. The molecular formula is C13H25N3OS. The molecule has 1 amide bonds. The first kappa shape index (κ1) is 14.2. The van der Waals surface area contributed by atoms with Gasteiger partial charge in [0.25, 0.3) is 0 Å². The van der Waals surface area contributed by atoms with E-state index >= 15 is 0 Å². The van der Waals surface area contributed by atoms with Gasteiger partial charge in [0.15, 0.2) is 0 Å². The SMILES string of the molecule is CSC1(CN)CCN(CCC(=O)NC2CC2)CC1. The van der Waals surface area contributed by atoms with E-state index in [1.165, 1.54) is 12.8 Å². The van der Waals surface area contributed by atoms with E-state index in [-0.39, 0.29) is 10.7 Å². The number of likely N-dealkylation sites (tertiary alicyclic amines) is 1. The number of piperidine rings is 1. The first-order valence-electron chi connectivity index (χ1n) is 6.94. The van der Waals surface area contributed by atoms with Crippen molar-refractivity contribution in [2.75, 3.05) is 32.4 Å². The third-order valence-electron chi connectivity index (χ3n) is 4.17. The Morgan fingerprint density at radius 1 is 1.44 bits per heavy atom. The molecule has 0 bridgehead atoms. The van der Waals surface area contributed by atoms with Crippen LogP contribution in [-0.2, 0) is 4.79 Å². The lowest BCUT2D eigenvalue weighted by Gasteiger charge is -2.40. The van der Waals surface area contributed by atoms with Crippen LogP contribution in [0.2, 0.25) is 0 Å². The molecule has 0 radical (unpaired) electrons. The van der Waals surface area contributed by atoms with Crippen LogP contribution in [0.5, 0.6) is 0 Å². The predicted octanol–water partition coefficient (Wildman–Crippen LogP) is 0.811. The van der Waals surface area contributed by atoms with E-state index in [0.29, 0.717) is 12.5 Å². The smallest absolute Gasteiger partial charge is 0.221 e. The van der Waals surface area contributed by atoms with Gasteiger partial charge in [-0.15, -0.1) is 0 Å². The van der Waals surface area contributed by atoms with Gasteiger partial charge < -0.3 is 16.0 Å². The molecule has 1 saturated carbocycles. The lowest BCUT2D eigenvalue weighted by Crippen LogP contribution is -2.47. The summed E-state index contributed by atoms with van der Waals surface area (Å²) in [5.41, 5.74) is 5.87. The molecule has 0 unspecified atom stereocenters. The molecule has 1 aliphatic carbocycles. The highest BCUT2D eigenvalue weighted by Gasteiger charge is 2.32. The number of hydrogen-bond donors (Lipinski definition) is 2. The van der Waals surface area contributed by atoms with Gasteiger partial charge in [0.1, 0.15) is 0 Å². The number of nitrogens with one attached hydrogen (secondary N) is 1. The summed E-state index contributed by atoms with van der Waals surface area (Å²) in [5, 5.41) is 3.04. The minimum absolute atomic E-state index is 0.220. The molecule has 0 spiro atoms. The fraction of sp³-hybridized carbons (Fsp3) is 0.923. The highest BCUT2D eigenvalue weighted by atomic mass is 32.2. The number of rotatable bonds is 6. The van der Waals surface area contributed by atoms with Gasteiger partial charge in [0, 0.05) is 30.3 Å². The van der Waals surface area contributed by atoms with Gasteiger partial charge in [0.05, 0.1) is 0 Å². The average molecular weight is 271 g/mol. The number of thioether (sulfide) groups is 1. The summed E-state index contributed by atoms with van der Waals surface area (Å²) in [6.07, 6.45) is 7.44. The fourth-order valence-electron chi connectivity index (χ4n) is 2.46. The summed E-state index contributed by atoms with van der Waals surface area (Å²) < 4.78 is 0.284. The van der Waals surface area contributed by atoms with Crippen molar-refractivity contribution in [1.82, 2.24) is 10.2 Å². The molecule has 5 heteroatoms. The minimum Gasteiger partial charge on any atom is -0.353 e. The number of nitrogens with two attached hydrogens (primary N) is 1. The fourth-order valence-corrected chi connectivity index (χ4v) is 3.22. The second-order valence-electron chi connectivity index (χ2n) is 5.52. The Labute approximate surface area is 114 Å². The van der Waals surface area contributed by atoms with Gasteiger partial charge in [-0.05, 0) is 45.0 Å². The molecule has 0 aromatic heterocycles. The van der Waals surface area contributed by atoms with Crippen LogP contribution in [0.1, 0.15) is 32.1 Å². The average Bonchev–Trinajstić information content (AvgIpc) is 3.21. The molecule has 2 fully saturated rings. The topological polar surface area (TPSA) is 58.4 Å². The van der Waals surface area contributed by atoms with Crippen molar-refractivity contribution < 1.29 is 4.79 Å². The largest absolute Gasteiger partial charge is 0.353 e. The summed E-state index contributed by atoms with van der Waals surface area (Å²) in [5.74, 6) is 0.220. The first-order valence-corrected chi connectivity index (χ1v) is 8.17. The molecule has 1 saturated heterocycles. The Morgan fingerprint density at radius 3 is 2.61 bits per heavy atom. The summed E-state index contributed by atoms with van der Waals surface area (Å²) in [7, 11) is 0. The Morgan fingerprint density at radius 2 is 2.11 bits per heavy atom. The molecule has 0 atom stereocenters. The normalized spacial score (nSPS) is 23.9. The van der Waals surface area contributed by atoms with Gasteiger partial charge in [0.2, 0.25) is 5.91 Å². The molecule has 2 rings (SSSR count). The molecule has 1 aliphatic heterocycles. The maximum Gasteiger partial charge on any atom is 0.221 e. The number of hydrogen-bond acceptors (Lipinski definition) is 4. The highest BCUT2D eigenvalue weighted by molar-refractivity contribution is 8.00. The van der Waals surface area contributed by atoms with E-state index in [2.05, 4.69) is 16.5 Å². The Hall–Kier alpha value is -0.260. The van der Waals surface area contributed by atoms with E-state index in [0.717, 1.165) is 39.0 Å². The van der Waals surface area contributed by atoms with Crippen molar-refractivity contribution in [3.05, 3.63) is 0 Å². The van der Waals surface area contributed by atoms with Gasteiger partial charge in [-0.1, -0.05) is 0 Å². The molecule has 18 heavy (non-hydrogen) atoms. The van der Waals surface area contributed by atoms with Crippen molar-refractivity contribution in [2.45, 2.75) is 42.9 Å². The van der Waals surface area contributed by atoms with E-state index in [9.17, 15) is 4.79 Å². The van der Waals surface area contributed by atoms with Crippen LogP contribution in [0, 0.1) is 0 Å². The zero-order chi connectivity index (χ0) is 13.0. The van der Waals surface area contributed by atoms with Crippen LogP contribution in [0.25, 0.3) is 0 Å². The predicted molar refractivity (Wildman–Crippen MR) is 76.8 cm³/mol. The van der Waals surface area contributed by atoms with Crippen LogP contribution in [0.4, 0.5) is 0 Å². The molecule has 104 valence electrons. The summed E-state index contributed by atoms with van der Waals surface area (Å²) in [6, 6.07) is 0.486. The molecule has 4 nitrogen and oxygen atoms in total. The van der Waals surface area contributed by atoms with Crippen LogP contribution in [0.3, 0.4) is 0 Å². The van der Waals surface area contributed by atoms with Crippen molar-refractivity contribution in [3.63, 3.8) is 0 Å². The highest BCUT2D eigenvalue weighted by Crippen LogP contribution is 2.33. The van der Waals surface area contributed by atoms with Gasteiger partial charge in [-0.2, -0.15) is 11.8 Å². The van der Waals surface area contributed by atoms with E-state index in [4.69, 9.17) is 5.73 Å². The Kier molecular flexibility index (Phi) is 4.92. The van der Waals surface area contributed by atoms with Crippen molar-refractivity contribution >= 4 is 17.7 Å². The second-order valence-corrected chi connectivity index (χ2v) is 6.80. The molecule has 3 N–H and O–H groups in total. The molecule has 1 heterocycles. The Bertz CT molecular complexity index is 280. The van der Waals surface area contributed by atoms with E-state index in [1.54, 1.807) is 0 Å². The zero-order valence-electron chi connectivity index (χ0n) is 11.3. The molecule has 0 aromatic carbocycles. The summed E-state index contributed by atoms with van der Waals surface area (Å²) in [6.45, 7) is 3.82. The quantitative estimate of drug-likeness (QED) is 0.751. The van der Waals surface area contributed by atoms with Crippen LogP contribution < -0.4 is 11.1 Å². The van der Waals surface area contributed by atoms with Crippen LogP contribution in [0.15, 0.2) is 0 Å². The van der Waals surface area contributed by atoms with Crippen molar-refractivity contribution in [3.8, 4) is 0 Å². The number of carbonyl (C=O) groups is 1. The van der Waals surface area contributed by atoms with Crippen LogP contribution >= 0.6 is 11.8 Å². The molecule has 2 aliphatic rings.